The number of aryl methyl sites for hydroxylation is 1. The Kier molecular flexibility index (Phi) is 8.01. The second-order valence-corrected chi connectivity index (χ2v) is 6.15. The van der Waals surface area contributed by atoms with Gasteiger partial charge in [-0.05, 0) is 53.5 Å². The number of likely N-dealkylation sites (N-methyl/N-ethyl adjacent to an activating group) is 2. The number of hydrogen-bond acceptors (Lipinski definition) is 4. The molecule has 1 heterocycles. The van der Waals surface area contributed by atoms with Gasteiger partial charge in [0, 0.05) is 24.7 Å². The molecule has 1 N–H and O–H groups in total. The lowest BCUT2D eigenvalue weighted by atomic mass is 10.2. The molecule has 0 spiro atoms. The molecule has 0 aromatic carbocycles. The van der Waals surface area contributed by atoms with Crippen LogP contribution in [0.15, 0.2) is 10.5 Å². The van der Waals surface area contributed by atoms with E-state index < -0.39 is 0 Å². The predicted octanol–water partition coefficient (Wildman–Crippen LogP) is 2.86. The number of hydrogen-bond donors (Lipinski definition) is 1. The first kappa shape index (κ1) is 18.2. The summed E-state index contributed by atoms with van der Waals surface area (Å²) in [5.41, 5.74) is 1.29. The van der Waals surface area contributed by atoms with Crippen LogP contribution in [0.3, 0.4) is 0 Å². The van der Waals surface area contributed by atoms with Crippen molar-refractivity contribution in [3.05, 3.63) is 23.2 Å². The molecule has 4 nitrogen and oxygen atoms in total. The van der Waals surface area contributed by atoms with Crippen molar-refractivity contribution in [2.75, 3.05) is 33.7 Å². The van der Waals surface area contributed by atoms with E-state index in [1.807, 2.05) is 0 Å². The molecule has 1 unspecified atom stereocenters. The van der Waals surface area contributed by atoms with Crippen molar-refractivity contribution in [2.24, 2.45) is 0 Å². The molecule has 0 aliphatic carbocycles. The lowest BCUT2D eigenvalue weighted by Crippen LogP contribution is -2.39. The van der Waals surface area contributed by atoms with Crippen LogP contribution in [-0.4, -0.2) is 49.6 Å². The van der Waals surface area contributed by atoms with E-state index in [4.69, 9.17) is 4.42 Å². The summed E-state index contributed by atoms with van der Waals surface area (Å²) in [6, 6.07) is 2.74. The maximum absolute atomic E-state index is 5.94. The summed E-state index contributed by atoms with van der Waals surface area (Å²) in [5, 5.41) is 3.44. The summed E-state index contributed by atoms with van der Waals surface area (Å²) in [5.74, 6) is 2.12. The summed E-state index contributed by atoms with van der Waals surface area (Å²) >= 11 is 0. The fourth-order valence-electron chi connectivity index (χ4n) is 2.66. The first-order valence-corrected chi connectivity index (χ1v) is 8.15. The molecule has 0 saturated heterocycles. The van der Waals surface area contributed by atoms with Crippen molar-refractivity contribution in [1.29, 1.82) is 0 Å². The molecular weight excluding hydrogens is 262 g/mol. The Morgan fingerprint density at radius 3 is 2.57 bits per heavy atom. The summed E-state index contributed by atoms with van der Waals surface area (Å²) in [7, 11) is 4.25. The number of nitrogens with one attached hydrogen (secondary N) is 1. The predicted molar refractivity (Wildman–Crippen MR) is 89.5 cm³/mol. The van der Waals surface area contributed by atoms with Crippen molar-refractivity contribution in [3.63, 3.8) is 0 Å². The molecule has 0 saturated carbocycles. The second-order valence-electron chi connectivity index (χ2n) is 6.15. The Morgan fingerprint density at radius 1 is 1.29 bits per heavy atom. The van der Waals surface area contributed by atoms with Crippen LogP contribution in [-0.2, 0) is 13.1 Å². The van der Waals surface area contributed by atoms with Crippen LogP contribution in [0.5, 0.6) is 0 Å². The summed E-state index contributed by atoms with van der Waals surface area (Å²) in [4.78, 5) is 4.70. The Labute approximate surface area is 130 Å². The number of rotatable bonds is 10. The van der Waals surface area contributed by atoms with Crippen LogP contribution in [0.2, 0.25) is 0 Å². The highest BCUT2D eigenvalue weighted by atomic mass is 16.3. The van der Waals surface area contributed by atoms with Crippen LogP contribution < -0.4 is 5.32 Å². The van der Waals surface area contributed by atoms with Crippen molar-refractivity contribution >= 4 is 0 Å². The van der Waals surface area contributed by atoms with Gasteiger partial charge in [-0.25, -0.2) is 0 Å². The van der Waals surface area contributed by atoms with Gasteiger partial charge < -0.3 is 14.6 Å². The van der Waals surface area contributed by atoms with E-state index in [9.17, 15) is 0 Å². The highest BCUT2D eigenvalue weighted by Crippen LogP contribution is 2.17. The van der Waals surface area contributed by atoms with Gasteiger partial charge >= 0.3 is 0 Å². The Balaban J connectivity index is 2.61. The molecule has 0 amide bonds. The highest BCUT2D eigenvalue weighted by molar-refractivity contribution is 5.20. The zero-order chi connectivity index (χ0) is 15.8. The fourth-order valence-corrected chi connectivity index (χ4v) is 2.66. The van der Waals surface area contributed by atoms with E-state index in [2.05, 4.69) is 63.0 Å². The Hall–Kier alpha value is -0.840. The first-order chi connectivity index (χ1) is 9.97. The Bertz CT molecular complexity index is 401. The van der Waals surface area contributed by atoms with E-state index in [1.165, 1.54) is 5.56 Å². The molecule has 122 valence electrons. The first-order valence-electron chi connectivity index (χ1n) is 8.15. The summed E-state index contributed by atoms with van der Waals surface area (Å²) in [6.45, 7) is 13.7. The minimum atomic E-state index is 0.525. The van der Waals surface area contributed by atoms with Gasteiger partial charge in [0.15, 0.2) is 0 Å². The molecule has 0 fully saturated rings. The van der Waals surface area contributed by atoms with Crippen molar-refractivity contribution in [2.45, 2.75) is 53.2 Å². The number of furan rings is 1. The lowest BCUT2D eigenvalue weighted by molar-refractivity contribution is 0.162. The molecule has 1 aromatic rings. The fraction of sp³-hybridized carbons (Fsp3) is 0.765. The van der Waals surface area contributed by atoms with E-state index in [0.29, 0.717) is 6.04 Å². The van der Waals surface area contributed by atoms with Crippen LogP contribution in [0, 0.1) is 6.92 Å². The summed E-state index contributed by atoms with van der Waals surface area (Å²) in [6.07, 6.45) is 1.16. The minimum absolute atomic E-state index is 0.525. The monoisotopic (exact) mass is 295 g/mol. The van der Waals surface area contributed by atoms with Crippen LogP contribution in [0.1, 0.15) is 44.3 Å². The van der Waals surface area contributed by atoms with Crippen LogP contribution in [0.25, 0.3) is 0 Å². The quantitative estimate of drug-likeness (QED) is 0.673. The third-order valence-corrected chi connectivity index (χ3v) is 3.83. The molecule has 1 aromatic heterocycles. The molecule has 4 heteroatoms. The third-order valence-electron chi connectivity index (χ3n) is 3.83. The van der Waals surface area contributed by atoms with Gasteiger partial charge in [-0.15, -0.1) is 0 Å². The van der Waals surface area contributed by atoms with E-state index in [-0.39, 0.29) is 0 Å². The Morgan fingerprint density at radius 2 is 2.00 bits per heavy atom. The maximum Gasteiger partial charge on any atom is 0.118 e. The topological polar surface area (TPSA) is 31.6 Å². The molecule has 0 bridgehead atoms. The average Bonchev–Trinajstić information content (AvgIpc) is 2.76. The van der Waals surface area contributed by atoms with E-state index >= 15 is 0 Å². The minimum Gasteiger partial charge on any atom is -0.465 e. The van der Waals surface area contributed by atoms with Crippen molar-refractivity contribution in [1.82, 2.24) is 15.1 Å². The van der Waals surface area contributed by atoms with Gasteiger partial charge in [-0.2, -0.15) is 0 Å². The van der Waals surface area contributed by atoms with Crippen molar-refractivity contribution in [3.8, 4) is 0 Å². The third kappa shape index (κ3) is 6.20. The van der Waals surface area contributed by atoms with E-state index in [0.717, 1.165) is 50.7 Å². The van der Waals surface area contributed by atoms with Crippen molar-refractivity contribution < 1.29 is 4.42 Å². The average molecular weight is 295 g/mol. The second kappa shape index (κ2) is 9.23. The van der Waals surface area contributed by atoms with Gasteiger partial charge in [0.25, 0.3) is 0 Å². The molecule has 1 atom stereocenters. The summed E-state index contributed by atoms with van der Waals surface area (Å²) < 4.78 is 5.94. The number of nitrogens with zero attached hydrogens (tertiary/aromatic N) is 2. The largest absolute Gasteiger partial charge is 0.465 e. The molecule has 0 aliphatic heterocycles. The molecule has 0 aliphatic rings. The van der Waals surface area contributed by atoms with Gasteiger partial charge in [0.05, 0.1) is 6.54 Å². The van der Waals surface area contributed by atoms with Gasteiger partial charge in [-0.1, -0.05) is 13.8 Å². The zero-order valence-corrected chi connectivity index (χ0v) is 14.7. The van der Waals surface area contributed by atoms with Crippen LogP contribution >= 0.6 is 0 Å². The van der Waals surface area contributed by atoms with Gasteiger partial charge in [-0.3, -0.25) is 4.90 Å². The zero-order valence-electron chi connectivity index (χ0n) is 14.7. The van der Waals surface area contributed by atoms with Gasteiger partial charge in [0.2, 0.25) is 0 Å². The van der Waals surface area contributed by atoms with E-state index in [1.54, 1.807) is 0 Å². The highest BCUT2D eigenvalue weighted by Gasteiger charge is 2.16. The molecule has 1 rings (SSSR count). The SMILES string of the molecule is CCCNCc1cc(CN(CC)C(C)CN(C)C)oc1C. The smallest absolute Gasteiger partial charge is 0.118 e. The maximum atomic E-state index is 5.94. The molecular formula is C17H33N3O. The normalized spacial score (nSPS) is 13.3. The lowest BCUT2D eigenvalue weighted by Gasteiger charge is -2.29. The molecule has 0 radical (unpaired) electrons. The standard InChI is InChI=1S/C17H33N3O/c1-7-9-18-11-16-10-17(21-15(16)4)13-20(8-2)14(3)12-19(5)6/h10,14,18H,7-9,11-13H2,1-6H3. The van der Waals surface area contributed by atoms with Gasteiger partial charge in [0.1, 0.15) is 11.5 Å². The molecule has 21 heavy (non-hydrogen) atoms. The van der Waals surface area contributed by atoms with Crippen LogP contribution in [0.4, 0.5) is 0 Å².